The van der Waals surface area contributed by atoms with Crippen LogP contribution in [-0.2, 0) is 14.3 Å². The Hall–Kier alpha value is 0.910. The van der Waals surface area contributed by atoms with Crippen molar-refractivity contribution in [2.45, 2.75) is 52.4 Å². The van der Waals surface area contributed by atoms with Crippen LogP contribution in [0.25, 0.3) is 0 Å². The van der Waals surface area contributed by atoms with Crippen LogP contribution in [0.5, 0.6) is 0 Å². The summed E-state index contributed by atoms with van der Waals surface area (Å²) < 4.78 is 26.8. The van der Waals surface area contributed by atoms with E-state index in [0.717, 1.165) is 19.3 Å². The van der Waals surface area contributed by atoms with E-state index >= 15 is 0 Å². The molecule has 0 radical (unpaired) electrons. The molecule has 0 aliphatic rings. The molecule has 0 N–H and O–H groups in total. The van der Waals surface area contributed by atoms with Gasteiger partial charge >= 0.3 is 29.6 Å². The van der Waals surface area contributed by atoms with Gasteiger partial charge in [-0.3, -0.25) is 4.18 Å². The van der Waals surface area contributed by atoms with Crippen molar-refractivity contribution in [1.82, 2.24) is 0 Å². The summed E-state index contributed by atoms with van der Waals surface area (Å²) in [5, 5.41) is 0. The topological polar surface area (TPSA) is 43.4 Å². The molecule has 0 aliphatic heterocycles. The SMILES string of the molecule is CCCCCCCCS(=O)(=O)OCC.[H-].[Na+]. The van der Waals surface area contributed by atoms with Gasteiger partial charge in [0.05, 0.1) is 12.4 Å². The Morgan fingerprint density at radius 1 is 1.00 bits per heavy atom. The van der Waals surface area contributed by atoms with Crippen LogP contribution in [0.1, 0.15) is 53.8 Å². The molecule has 15 heavy (non-hydrogen) atoms. The van der Waals surface area contributed by atoms with E-state index in [4.69, 9.17) is 0 Å². The summed E-state index contributed by atoms with van der Waals surface area (Å²) in [5.41, 5.74) is 0. The van der Waals surface area contributed by atoms with Crippen LogP contribution in [0.3, 0.4) is 0 Å². The number of rotatable bonds is 9. The summed E-state index contributed by atoms with van der Waals surface area (Å²) in [4.78, 5) is 0. The molecular formula is C10H23NaO3S. The molecule has 0 aromatic rings. The Morgan fingerprint density at radius 3 is 2.07 bits per heavy atom. The zero-order valence-electron chi connectivity index (χ0n) is 11.3. The van der Waals surface area contributed by atoms with Crippen LogP contribution in [0.4, 0.5) is 0 Å². The van der Waals surface area contributed by atoms with Gasteiger partial charge in [0, 0.05) is 0 Å². The molecule has 88 valence electrons. The minimum absolute atomic E-state index is 0. The molecule has 3 nitrogen and oxygen atoms in total. The van der Waals surface area contributed by atoms with E-state index in [-0.39, 0.29) is 43.3 Å². The first kappa shape index (κ1) is 18.3. The van der Waals surface area contributed by atoms with E-state index in [9.17, 15) is 8.42 Å². The van der Waals surface area contributed by atoms with Crippen molar-refractivity contribution < 1.29 is 43.6 Å². The first-order valence-corrected chi connectivity index (χ1v) is 7.07. The van der Waals surface area contributed by atoms with E-state index in [2.05, 4.69) is 11.1 Å². The minimum atomic E-state index is -3.22. The smallest absolute Gasteiger partial charge is 1.00 e. The zero-order chi connectivity index (χ0) is 10.9. The van der Waals surface area contributed by atoms with E-state index in [1.165, 1.54) is 19.3 Å². The maximum Gasteiger partial charge on any atom is 1.00 e. The molecule has 5 heteroatoms. The molecule has 0 saturated carbocycles. The molecular weight excluding hydrogens is 223 g/mol. The van der Waals surface area contributed by atoms with E-state index in [1.54, 1.807) is 6.92 Å². The molecule has 0 saturated heterocycles. The average Bonchev–Trinajstić information content (AvgIpc) is 2.11. The van der Waals surface area contributed by atoms with Gasteiger partial charge in [-0.2, -0.15) is 8.42 Å². The second-order valence-electron chi connectivity index (χ2n) is 3.44. The summed E-state index contributed by atoms with van der Waals surface area (Å²) >= 11 is 0. The van der Waals surface area contributed by atoms with Crippen LogP contribution in [0.15, 0.2) is 0 Å². The van der Waals surface area contributed by atoms with Crippen molar-refractivity contribution in [1.29, 1.82) is 0 Å². The summed E-state index contributed by atoms with van der Waals surface area (Å²) in [6.45, 7) is 4.11. The molecule has 0 aliphatic carbocycles. The molecule has 0 rings (SSSR count). The number of unbranched alkanes of at least 4 members (excludes halogenated alkanes) is 5. The summed E-state index contributed by atoms with van der Waals surface area (Å²) in [6.07, 6.45) is 6.54. The first-order valence-electron chi connectivity index (χ1n) is 5.49. The first-order chi connectivity index (χ1) is 6.62. The number of hydrogen-bond acceptors (Lipinski definition) is 3. The van der Waals surface area contributed by atoms with Gasteiger partial charge < -0.3 is 1.43 Å². The van der Waals surface area contributed by atoms with Crippen molar-refractivity contribution in [3.05, 3.63) is 0 Å². The fraction of sp³-hybridized carbons (Fsp3) is 1.00. The van der Waals surface area contributed by atoms with Gasteiger partial charge in [-0.15, -0.1) is 0 Å². The maximum absolute atomic E-state index is 11.1. The third-order valence-electron chi connectivity index (χ3n) is 2.05. The zero-order valence-corrected chi connectivity index (χ0v) is 13.1. The third kappa shape index (κ3) is 12.8. The van der Waals surface area contributed by atoms with Gasteiger partial charge in [0.2, 0.25) is 0 Å². The van der Waals surface area contributed by atoms with Gasteiger partial charge in [-0.05, 0) is 13.3 Å². The Balaban J connectivity index is -0.000000845. The van der Waals surface area contributed by atoms with Crippen molar-refractivity contribution in [3.63, 3.8) is 0 Å². The quantitative estimate of drug-likeness (QED) is 0.322. The standard InChI is InChI=1S/C10H22O3S.Na.H/c1-3-5-6-7-8-9-10-14(11,12)13-4-2;;/h3-10H2,1-2H3;;/q;+1;-1. The normalized spacial score (nSPS) is 11.1. The Bertz CT molecular complexity index is 220. The average molecular weight is 246 g/mol. The molecule has 0 unspecified atom stereocenters. The fourth-order valence-electron chi connectivity index (χ4n) is 1.30. The predicted octanol–water partition coefficient (Wildman–Crippen LogP) is -0.170. The van der Waals surface area contributed by atoms with Crippen LogP contribution >= 0.6 is 0 Å². The van der Waals surface area contributed by atoms with Gasteiger partial charge in [-0.25, -0.2) is 0 Å². The van der Waals surface area contributed by atoms with Gasteiger partial charge in [0.15, 0.2) is 0 Å². The maximum atomic E-state index is 11.1. The molecule has 0 fully saturated rings. The Morgan fingerprint density at radius 2 is 1.53 bits per heavy atom. The van der Waals surface area contributed by atoms with Gasteiger partial charge in [0.1, 0.15) is 0 Å². The molecule has 0 aromatic heterocycles. The van der Waals surface area contributed by atoms with Crippen molar-refractivity contribution in [2.24, 2.45) is 0 Å². The molecule has 0 spiro atoms. The van der Waals surface area contributed by atoms with Gasteiger partial charge in [-0.1, -0.05) is 39.0 Å². The van der Waals surface area contributed by atoms with E-state index in [0.29, 0.717) is 0 Å². The molecule has 0 bridgehead atoms. The largest absolute Gasteiger partial charge is 1.00 e. The Labute approximate surface area is 118 Å². The monoisotopic (exact) mass is 246 g/mol. The molecule has 0 heterocycles. The molecule has 0 atom stereocenters. The molecule has 0 aromatic carbocycles. The second-order valence-corrected chi connectivity index (χ2v) is 5.20. The van der Waals surface area contributed by atoms with E-state index in [1.807, 2.05) is 0 Å². The molecule has 0 amide bonds. The number of hydrogen-bond donors (Lipinski definition) is 0. The summed E-state index contributed by atoms with van der Waals surface area (Å²) in [5.74, 6) is 0.174. The summed E-state index contributed by atoms with van der Waals surface area (Å²) in [6, 6.07) is 0. The van der Waals surface area contributed by atoms with Crippen LogP contribution in [-0.4, -0.2) is 20.8 Å². The van der Waals surface area contributed by atoms with Crippen molar-refractivity contribution in [3.8, 4) is 0 Å². The van der Waals surface area contributed by atoms with Crippen LogP contribution in [0.2, 0.25) is 0 Å². The van der Waals surface area contributed by atoms with E-state index < -0.39 is 10.1 Å². The van der Waals surface area contributed by atoms with Crippen molar-refractivity contribution >= 4 is 10.1 Å². The predicted molar refractivity (Wildman–Crippen MR) is 59.9 cm³/mol. The summed E-state index contributed by atoms with van der Waals surface area (Å²) in [7, 11) is -3.22. The fourth-order valence-corrected chi connectivity index (χ4v) is 2.33. The van der Waals surface area contributed by atoms with Crippen LogP contribution in [0, 0.1) is 0 Å². The van der Waals surface area contributed by atoms with Crippen molar-refractivity contribution in [2.75, 3.05) is 12.4 Å². The minimum Gasteiger partial charge on any atom is -1.00 e. The third-order valence-corrected chi connectivity index (χ3v) is 3.43. The second kappa shape index (κ2) is 11.4. The Kier molecular flexibility index (Phi) is 13.9. The van der Waals surface area contributed by atoms with Gasteiger partial charge in [0.25, 0.3) is 10.1 Å². The van der Waals surface area contributed by atoms with Crippen LogP contribution < -0.4 is 29.6 Å².